The predicted molar refractivity (Wildman–Crippen MR) is 111 cm³/mol. The number of thioether (sulfide) groups is 1. The van der Waals surface area contributed by atoms with Crippen LogP contribution >= 0.6 is 23.4 Å². The van der Waals surface area contributed by atoms with Gasteiger partial charge in [0.25, 0.3) is 0 Å². The average molecular weight is 438 g/mol. The first-order chi connectivity index (χ1) is 13.4. The van der Waals surface area contributed by atoms with Crippen LogP contribution in [0.1, 0.15) is 5.69 Å². The zero-order valence-corrected chi connectivity index (χ0v) is 17.9. The number of nitrogens with zero attached hydrogens (tertiary/aromatic N) is 4. The topological polar surface area (TPSA) is 79.6 Å². The van der Waals surface area contributed by atoms with Crippen molar-refractivity contribution in [3.05, 3.63) is 41.0 Å². The van der Waals surface area contributed by atoms with E-state index in [2.05, 4.69) is 20.3 Å². The van der Waals surface area contributed by atoms with Gasteiger partial charge in [0.2, 0.25) is 9.84 Å². The molecule has 2 aromatic heterocycles. The van der Waals surface area contributed by atoms with Crippen molar-refractivity contribution in [3.8, 4) is 0 Å². The van der Waals surface area contributed by atoms with Crippen LogP contribution < -0.4 is 10.2 Å². The number of aryl methyl sites for hydroxylation is 1. The highest BCUT2D eigenvalue weighted by Gasteiger charge is 2.30. The second-order valence-electron chi connectivity index (χ2n) is 6.52. The van der Waals surface area contributed by atoms with Gasteiger partial charge in [-0.25, -0.2) is 13.4 Å². The lowest BCUT2D eigenvalue weighted by Gasteiger charge is -2.29. The normalized spacial score (nSPS) is 15.3. The average Bonchev–Trinajstić information content (AvgIpc) is 3.07. The minimum atomic E-state index is -3.80. The molecule has 0 saturated carbocycles. The Morgan fingerprint density at radius 3 is 2.50 bits per heavy atom. The number of piperazine rings is 1. The molecular weight excluding hydrogens is 418 g/mol. The molecule has 0 aliphatic carbocycles. The number of sulfone groups is 1. The van der Waals surface area contributed by atoms with E-state index in [1.54, 1.807) is 16.6 Å². The van der Waals surface area contributed by atoms with Crippen LogP contribution in [0.5, 0.6) is 0 Å². The van der Waals surface area contributed by atoms with E-state index in [0.29, 0.717) is 15.7 Å². The molecule has 1 aromatic carbocycles. The van der Waals surface area contributed by atoms with Gasteiger partial charge in [0.15, 0.2) is 10.5 Å². The van der Waals surface area contributed by atoms with E-state index >= 15 is 0 Å². The van der Waals surface area contributed by atoms with Gasteiger partial charge < -0.3 is 10.2 Å². The van der Waals surface area contributed by atoms with Gasteiger partial charge >= 0.3 is 0 Å². The monoisotopic (exact) mass is 437 g/mol. The number of benzene rings is 1. The summed E-state index contributed by atoms with van der Waals surface area (Å²) < 4.78 is 28.5. The lowest BCUT2D eigenvalue weighted by atomic mass is 10.3. The fourth-order valence-electron chi connectivity index (χ4n) is 3.30. The Labute approximate surface area is 173 Å². The van der Waals surface area contributed by atoms with Gasteiger partial charge in [0.05, 0.1) is 4.90 Å². The van der Waals surface area contributed by atoms with Gasteiger partial charge in [-0.1, -0.05) is 11.6 Å². The molecule has 3 heterocycles. The molecule has 0 bridgehead atoms. The largest absolute Gasteiger partial charge is 0.354 e. The molecule has 1 fully saturated rings. The molecule has 0 amide bonds. The Morgan fingerprint density at radius 2 is 1.86 bits per heavy atom. The number of hydrogen-bond acceptors (Lipinski definition) is 7. The summed E-state index contributed by atoms with van der Waals surface area (Å²) in [5.41, 5.74) is 1.11. The second-order valence-corrected chi connectivity index (χ2v) is 9.64. The van der Waals surface area contributed by atoms with Gasteiger partial charge in [0, 0.05) is 43.0 Å². The first-order valence-corrected chi connectivity index (χ1v) is 11.9. The minimum Gasteiger partial charge on any atom is -0.354 e. The minimum absolute atomic E-state index is 0.141. The van der Waals surface area contributed by atoms with Gasteiger partial charge in [-0.05, 0) is 37.4 Å². The molecule has 1 saturated heterocycles. The molecule has 0 spiro atoms. The zero-order chi connectivity index (χ0) is 19.9. The van der Waals surface area contributed by atoms with Crippen LogP contribution in [-0.4, -0.2) is 55.5 Å². The van der Waals surface area contributed by atoms with E-state index in [1.807, 2.05) is 19.2 Å². The lowest BCUT2D eigenvalue weighted by Crippen LogP contribution is -2.44. The van der Waals surface area contributed by atoms with E-state index in [9.17, 15) is 8.42 Å². The van der Waals surface area contributed by atoms with Crippen molar-refractivity contribution in [1.82, 2.24) is 19.9 Å². The summed E-state index contributed by atoms with van der Waals surface area (Å²) in [5.74, 6) is 0.858. The van der Waals surface area contributed by atoms with E-state index in [4.69, 9.17) is 11.6 Å². The number of anilines is 1. The van der Waals surface area contributed by atoms with Crippen molar-refractivity contribution in [2.24, 2.45) is 0 Å². The third kappa shape index (κ3) is 3.36. The van der Waals surface area contributed by atoms with Gasteiger partial charge in [0.1, 0.15) is 10.8 Å². The SMILES string of the molecule is CSc1nn2c(N3CCNCC3)cc(C)nc2c1S(=O)(=O)c1ccc(Cl)cc1. The Bertz CT molecular complexity index is 1120. The molecule has 7 nitrogen and oxygen atoms in total. The summed E-state index contributed by atoms with van der Waals surface area (Å²) in [5, 5.41) is 8.85. The van der Waals surface area contributed by atoms with Crippen molar-refractivity contribution in [2.75, 3.05) is 37.3 Å². The number of rotatable bonds is 4. The van der Waals surface area contributed by atoms with Crippen LogP contribution in [0.4, 0.5) is 5.82 Å². The fraction of sp³-hybridized carbons (Fsp3) is 0.333. The summed E-state index contributed by atoms with van der Waals surface area (Å²) >= 11 is 7.23. The van der Waals surface area contributed by atoms with Crippen molar-refractivity contribution in [2.45, 2.75) is 21.7 Å². The van der Waals surface area contributed by atoms with Crippen molar-refractivity contribution >= 4 is 44.7 Å². The van der Waals surface area contributed by atoms with Crippen LogP contribution in [0.3, 0.4) is 0 Å². The number of fused-ring (bicyclic) bond motifs is 1. The number of nitrogens with one attached hydrogen (secondary N) is 1. The molecule has 0 radical (unpaired) electrons. The Hall–Kier alpha value is -1.81. The van der Waals surface area contributed by atoms with Crippen LogP contribution in [0.25, 0.3) is 5.65 Å². The molecule has 148 valence electrons. The first-order valence-electron chi connectivity index (χ1n) is 8.82. The summed E-state index contributed by atoms with van der Waals surface area (Å²) in [7, 11) is -3.80. The number of hydrogen-bond donors (Lipinski definition) is 1. The summed E-state index contributed by atoms with van der Waals surface area (Å²) in [4.78, 5) is 7.07. The van der Waals surface area contributed by atoms with E-state index < -0.39 is 9.84 Å². The molecule has 1 N–H and O–H groups in total. The number of aromatic nitrogens is 3. The molecule has 0 unspecified atom stereocenters. The van der Waals surface area contributed by atoms with Crippen molar-refractivity contribution in [3.63, 3.8) is 0 Å². The molecule has 10 heteroatoms. The van der Waals surface area contributed by atoms with Crippen molar-refractivity contribution in [1.29, 1.82) is 0 Å². The van der Waals surface area contributed by atoms with Crippen molar-refractivity contribution < 1.29 is 8.42 Å². The second kappa shape index (κ2) is 7.55. The van der Waals surface area contributed by atoms with Crippen LogP contribution in [0, 0.1) is 6.92 Å². The van der Waals surface area contributed by atoms with Gasteiger partial charge in [-0.15, -0.1) is 11.8 Å². The molecule has 1 aliphatic heterocycles. The molecule has 3 aromatic rings. The summed E-state index contributed by atoms with van der Waals surface area (Å²) in [6.07, 6.45) is 1.82. The summed E-state index contributed by atoms with van der Waals surface area (Å²) in [6, 6.07) is 8.12. The first kappa shape index (κ1) is 19.5. The van der Waals surface area contributed by atoms with E-state index in [1.165, 1.54) is 23.9 Å². The highest BCUT2D eigenvalue weighted by Crippen LogP contribution is 2.34. The maximum absolute atomic E-state index is 13.4. The van der Waals surface area contributed by atoms with Crippen LogP contribution in [0.15, 0.2) is 45.1 Å². The summed E-state index contributed by atoms with van der Waals surface area (Å²) in [6.45, 7) is 5.26. The lowest BCUT2D eigenvalue weighted by molar-refractivity contribution is 0.579. The standard InChI is InChI=1S/C18H20ClN5O2S2/c1-12-11-15(23-9-7-20-8-10-23)24-17(21-12)16(18(22-24)27-2)28(25,26)14-5-3-13(19)4-6-14/h3-6,11,20H,7-10H2,1-2H3. The Balaban J connectivity index is 1.96. The van der Waals surface area contributed by atoms with E-state index in [0.717, 1.165) is 37.7 Å². The Morgan fingerprint density at radius 1 is 1.18 bits per heavy atom. The molecule has 4 rings (SSSR count). The molecular formula is C18H20ClN5O2S2. The highest BCUT2D eigenvalue weighted by atomic mass is 35.5. The Kier molecular flexibility index (Phi) is 5.26. The van der Waals surface area contributed by atoms with Crippen LogP contribution in [0.2, 0.25) is 5.02 Å². The molecule has 0 atom stereocenters. The van der Waals surface area contributed by atoms with Crippen LogP contribution in [-0.2, 0) is 9.84 Å². The fourth-order valence-corrected chi connectivity index (χ4v) is 5.82. The van der Waals surface area contributed by atoms with Gasteiger partial charge in [-0.2, -0.15) is 9.61 Å². The smallest absolute Gasteiger partial charge is 0.213 e. The maximum Gasteiger partial charge on any atom is 0.213 e. The van der Waals surface area contributed by atoms with Gasteiger partial charge in [-0.3, -0.25) is 0 Å². The maximum atomic E-state index is 13.4. The highest BCUT2D eigenvalue weighted by molar-refractivity contribution is 7.99. The van der Waals surface area contributed by atoms with E-state index in [-0.39, 0.29) is 9.79 Å². The quantitative estimate of drug-likeness (QED) is 0.628. The third-order valence-electron chi connectivity index (χ3n) is 4.65. The molecule has 28 heavy (non-hydrogen) atoms. The zero-order valence-electron chi connectivity index (χ0n) is 15.5. The molecule has 1 aliphatic rings. The number of halogens is 1. The third-order valence-corrected chi connectivity index (χ3v) is 7.51. The predicted octanol–water partition coefficient (Wildman–Crippen LogP) is 2.66.